The topological polar surface area (TPSA) is 72.1 Å². The Balaban J connectivity index is 1.32. The van der Waals surface area contributed by atoms with Gasteiger partial charge in [-0.1, -0.05) is 0 Å². The summed E-state index contributed by atoms with van der Waals surface area (Å²) in [6.45, 7) is 3.81. The largest absolute Gasteiger partial charge is 0.417 e. The van der Waals surface area contributed by atoms with Gasteiger partial charge < -0.3 is 4.90 Å². The first-order valence-electron chi connectivity index (χ1n) is 9.49. The summed E-state index contributed by atoms with van der Waals surface area (Å²) in [6.07, 6.45) is -0.120. The molecule has 158 valence electrons. The number of aromatic nitrogens is 5. The van der Waals surface area contributed by atoms with Gasteiger partial charge in [0.2, 0.25) is 0 Å². The molecule has 3 aromatic heterocycles. The summed E-state index contributed by atoms with van der Waals surface area (Å²) in [5.74, 6) is 1.10. The van der Waals surface area contributed by atoms with Gasteiger partial charge in [-0.3, -0.25) is 9.69 Å². The summed E-state index contributed by atoms with van der Waals surface area (Å²) >= 11 is 0. The molecule has 0 aliphatic carbocycles. The highest BCUT2D eigenvalue weighted by atomic mass is 19.4. The zero-order valence-electron chi connectivity index (χ0n) is 16.0. The molecular formula is C19H20F3N7O. The maximum atomic E-state index is 12.7. The number of piperazine rings is 1. The van der Waals surface area contributed by atoms with Crippen molar-refractivity contribution in [1.82, 2.24) is 29.4 Å². The Morgan fingerprint density at radius 3 is 2.37 bits per heavy atom. The first-order valence-corrected chi connectivity index (χ1v) is 9.49. The second kappa shape index (κ2) is 8.27. The molecule has 0 radical (unpaired) electrons. The number of pyridine rings is 1. The van der Waals surface area contributed by atoms with Crippen molar-refractivity contribution in [2.45, 2.75) is 12.7 Å². The maximum Gasteiger partial charge on any atom is 0.417 e. The average Bonchev–Trinajstić information content (AvgIpc) is 3.28. The minimum atomic E-state index is -4.38. The smallest absolute Gasteiger partial charge is 0.354 e. The molecular weight excluding hydrogens is 399 g/mol. The molecule has 0 bridgehead atoms. The normalized spacial score (nSPS) is 15.5. The number of anilines is 1. The molecule has 0 aromatic carbocycles. The van der Waals surface area contributed by atoms with E-state index in [0.717, 1.165) is 25.4 Å². The van der Waals surface area contributed by atoms with Gasteiger partial charge in [-0.2, -0.15) is 18.3 Å². The van der Waals surface area contributed by atoms with E-state index in [1.165, 1.54) is 16.8 Å². The van der Waals surface area contributed by atoms with Crippen LogP contribution in [0.25, 0.3) is 5.82 Å². The summed E-state index contributed by atoms with van der Waals surface area (Å²) in [7, 11) is 0. The van der Waals surface area contributed by atoms with Crippen LogP contribution in [0, 0.1) is 0 Å². The third-order valence-electron chi connectivity index (χ3n) is 4.99. The predicted molar refractivity (Wildman–Crippen MR) is 104 cm³/mol. The summed E-state index contributed by atoms with van der Waals surface area (Å²) in [6, 6.07) is 7.34. The summed E-state index contributed by atoms with van der Waals surface area (Å²) in [5, 5.41) is 8.47. The molecule has 1 fully saturated rings. The molecule has 0 saturated carbocycles. The van der Waals surface area contributed by atoms with Crippen LogP contribution in [0.3, 0.4) is 0 Å². The number of alkyl halides is 3. The lowest BCUT2D eigenvalue weighted by molar-refractivity contribution is -0.137. The summed E-state index contributed by atoms with van der Waals surface area (Å²) < 4.78 is 41.0. The highest BCUT2D eigenvalue weighted by Crippen LogP contribution is 2.29. The monoisotopic (exact) mass is 419 g/mol. The van der Waals surface area contributed by atoms with Crippen LogP contribution in [0.4, 0.5) is 19.0 Å². The van der Waals surface area contributed by atoms with Crippen LogP contribution in [0.1, 0.15) is 5.56 Å². The van der Waals surface area contributed by atoms with E-state index in [1.54, 1.807) is 29.2 Å². The van der Waals surface area contributed by atoms with Gasteiger partial charge in [-0.15, -0.1) is 5.10 Å². The third kappa shape index (κ3) is 4.51. The van der Waals surface area contributed by atoms with Crippen molar-refractivity contribution in [1.29, 1.82) is 0 Å². The molecule has 1 aliphatic rings. The fraction of sp³-hybridized carbons (Fsp3) is 0.368. The predicted octanol–water partition coefficient (Wildman–Crippen LogP) is 1.66. The highest BCUT2D eigenvalue weighted by molar-refractivity contribution is 5.40. The third-order valence-corrected chi connectivity index (χ3v) is 4.99. The highest BCUT2D eigenvalue weighted by Gasteiger charge is 2.31. The Bertz CT molecular complexity index is 1020. The molecule has 11 heteroatoms. The molecule has 0 spiro atoms. The fourth-order valence-electron chi connectivity index (χ4n) is 3.30. The van der Waals surface area contributed by atoms with Crippen LogP contribution in [-0.2, 0) is 12.7 Å². The van der Waals surface area contributed by atoms with E-state index in [9.17, 15) is 18.0 Å². The first-order chi connectivity index (χ1) is 14.4. The lowest BCUT2D eigenvalue weighted by atomic mass is 10.2. The van der Waals surface area contributed by atoms with Crippen molar-refractivity contribution in [2.75, 3.05) is 37.6 Å². The molecule has 1 aliphatic heterocycles. The van der Waals surface area contributed by atoms with Gasteiger partial charge in [-0.25, -0.2) is 14.3 Å². The van der Waals surface area contributed by atoms with E-state index in [1.807, 2.05) is 4.90 Å². The van der Waals surface area contributed by atoms with E-state index in [2.05, 4.69) is 20.1 Å². The van der Waals surface area contributed by atoms with Crippen molar-refractivity contribution in [3.05, 3.63) is 64.8 Å². The zero-order valence-corrected chi connectivity index (χ0v) is 16.0. The molecule has 0 atom stereocenters. The lowest BCUT2D eigenvalue weighted by Crippen LogP contribution is -2.48. The van der Waals surface area contributed by atoms with Gasteiger partial charge >= 0.3 is 6.18 Å². The second-order valence-corrected chi connectivity index (χ2v) is 6.94. The standard InChI is InChI=1S/C19H20F3N7O/c20-19(21,22)15-2-3-16(23-14-15)27-11-8-26(9-12-27)10-13-29-18(30)5-4-17(25-29)28-7-1-6-24-28/h1-7,14H,8-13H2. The molecule has 1 saturated heterocycles. The van der Waals surface area contributed by atoms with Gasteiger partial charge in [0.15, 0.2) is 5.82 Å². The van der Waals surface area contributed by atoms with Gasteiger partial charge in [0, 0.05) is 57.4 Å². The molecule has 4 rings (SSSR count). The summed E-state index contributed by atoms with van der Waals surface area (Å²) in [5.41, 5.74) is -0.932. The van der Waals surface area contributed by atoms with E-state index < -0.39 is 11.7 Å². The zero-order chi connectivity index (χ0) is 21.1. The van der Waals surface area contributed by atoms with E-state index in [0.29, 0.717) is 37.8 Å². The van der Waals surface area contributed by atoms with Gasteiger partial charge in [0.05, 0.1) is 12.1 Å². The second-order valence-electron chi connectivity index (χ2n) is 6.94. The molecule has 3 aromatic rings. The molecule has 8 nitrogen and oxygen atoms in total. The van der Waals surface area contributed by atoms with Gasteiger partial charge in [0.1, 0.15) is 5.82 Å². The van der Waals surface area contributed by atoms with Crippen molar-refractivity contribution < 1.29 is 13.2 Å². The number of rotatable bonds is 5. The quantitative estimate of drug-likeness (QED) is 0.627. The van der Waals surface area contributed by atoms with Crippen LogP contribution in [0.15, 0.2) is 53.7 Å². The van der Waals surface area contributed by atoms with Crippen LogP contribution < -0.4 is 10.5 Å². The minimum absolute atomic E-state index is 0.182. The number of halogens is 3. The van der Waals surface area contributed by atoms with E-state index in [4.69, 9.17) is 0 Å². The first kappa shape index (κ1) is 20.1. The Hall–Kier alpha value is -3.21. The Morgan fingerprint density at radius 2 is 1.73 bits per heavy atom. The van der Waals surface area contributed by atoms with Crippen LogP contribution in [-0.4, -0.2) is 62.2 Å². The van der Waals surface area contributed by atoms with Crippen LogP contribution in [0.2, 0.25) is 0 Å². The molecule has 0 amide bonds. The Morgan fingerprint density at radius 1 is 0.967 bits per heavy atom. The number of hydrogen-bond acceptors (Lipinski definition) is 6. The molecule has 0 unspecified atom stereocenters. The van der Waals surface area contributed by atoms with E-state index in [-0.39, 0.29) is 5.56 Å². The van der Waals surface area contributed by atoms with Crippen LogP contribution in [0.5, 0.6) is 0 Å². The number of hydrogen-bond donors (Lipinski definition) is 0. The van der Waals surface area contributed by atoms with Crippen molar-refractivity contribution in [3.8, 4) is 5.82 Å². The SMILES string of the molecule is O=c1ccc(-n2cccn2)nn1CCN1CCN(c2ccc(C(F)(F)F)cn2)CC1. The average molecular weight is 419 g/mol. The Labute approximate surface area is 170 Å². The van der Waals surface area contributed by atoms with E-state index >= 15 is 0 Å². The summed E-state index contributed by atoms with van der Waals surface area (Å²) in [4.78, 5) is 20.2. The number of nitrogens with zero attached hydrogens (tertiary/aromatic N) is 7. The van der Waals surface area contributed by atoms with Crippen LogP contribution >= 0.6 is 0 Å². The molecule has 4 heterocycles. The van der Waals surface area contributed by atoms with Gasteiger partial charge in [0.25, 0.3) is 5.56 Å². The molecule has 0 N–H and O–H groups in total. The van der Waals surface area contributed by atoms with Crippen molar-refractivity contribution in [2.24, 2.45) is 0 Å². The Kier molecular flexibility index (Phi) is 5.53. The van der Waals surface area contributed by atoms with Gasteiger partial charge in [-0.05, 0) is 24.3 Å². The minimum Gasteiger partial charge on any atom is -0.354 e. The maximum absolute atomic E-state index is 12.7. The fourth-order valence-corrected chi connectivity index (χ4v) is 3.30. The van der Waals surface area contributed by atoms with Crippen molar-refractivity contribution >= 4 is 5.82 Å². The lowest BCUT2D eigenvalue weighted by Gasteiger charge is -2.35. The molecule has 30 heavy (non-hydrogen) atoms. The van der Waals surface area contributed by atoms with Crippen molar-refractivity contribution in [3.63, 3.8) is 0 Å².